The van der Waals surface area contributed by atoms with Crippen molar-refractivity contribution in [3.8, 4) is 0 Å². The number of aliphatic hydroxyl groups is 1. The van der Waals surface area contributed by atoms with Crippen LogP contribution in [0.1, 0.15) is 6.92 Å². The molecule has 21 heavy (non-hydrogen) atoms. The summed E-state index contributed by atoms with van der Waals surface area (Å²) in [7, 11) is 0. The number of allylic oxidation sites excluding steroid dienone is 3. The van der Waals surface area contributed by atoms with E-state index in [9.17, 15) is 0 Å². The summed E-state index contributed by atoms with van der Waals surface area (Å²) in [6.45, 7) is 5.23. The van der Waals surface area contributed by atoms with Crippen molar-refractivity contribution in [3.63, 3.8) is 0 Å². The summed E-state index contributed by atoms with van der Waals surface area (Å²) in [5.74, 6) is -0.0255. The summed E-state index contributed by atoms with van der Waals surface area (Å²) < 4.78 is 0. The van der Waals surface area contributed by atoms with Crippen LogP contribution in [0.15, 0.2) is 82.9 Å². The van der Waals surface area contributed by atoms with Gasteiger partial charge in [-0.2, -0.15) is 5.11 Å². The van der Waals surface area contributed by atoms with E-state index in [2.05, 4.69) is 16.8 Å². The maximum absolute atomic E-state index is 9.06. The molecule has 0 spiro atoms. The number of rotatable bonds is 4. The van der Waals surface area contributed by atoms with Gasteiger partial charge in [-0.1, -0.05) is 36.9 Å². The fourth-order valence-corrected chi connectivity index (χ4v) is 1.87. The zero-order valence-electron chi connectivity index (χ0n) is 11.8. The second-order valence-corrected chi connectivity index (χ2v) is 4.46. The van der Waals surface area contributed by atoms with Gasteiger partial charge >= 0.3 is 0 Å². The Kier molecular flexibility index (Phi) is 4.51. The minimum atomic E-state index is -0.0255. The number of benzene rings is 2. The molecule has 4 heteroatoms. The van der Waals surface area contributed by atoms with Gasteiger partial charge in [0.15, 0.2) is 0 Å². The fourth-order valence-electron chi connectivity index (χ4n) is 1.87. The van der Waals surface area contributed by atoms with Crippen LogP contribution in [-0.4, -0.2) is 5.11 Å². The first-order valence-corrected chi connectivity index (χ1v) is 6.53. The van der Waals surface area contributed by atoms with E-state index in [1.54, 1.807) is 12.2 Å². The standard InChI is InChI=1S/C17H17N3O/c1-3-13(9-8-12(2)21)19-20-17-11-10-16(18)14-6-4-5-7-15(14)17/h3-11,21H,2,18H2,1H3/b9-8-,13-3+,20-19?. The first kappa shape index (κ1) is 14.5. The van der Waals surface area contributed by atoms with Crippen LogP contribution in [0.5, 0.6) is 0 Å². The average molecular weight is 279 g/mol. The van der Waals surface area contributed by atoms with Gasteiger partial charge in [0.25, 0.3) is 0 Å². The lowest BCUT2D eigenvalue weighted by molar-refractivity contribution is 0.435. The Labute approximate surface area is 123 Å². The lowest BCUT2D eigenvalue weighted by atomic mass is 10.1. The Morgan fingerprint density at radius 2 is 1.86 bits per heavy atom. The van der Waals surface area contributed by atoms with Crippen LogP contribution in [0.2, 0.25) is 0 Å². The van der Waals surface area contributed by atoms with E-state index >= 15 is 0 Å². The zero-order valence-corrected chi connectivity index (χ0v) is 11.8. The maximum Gasteiger partial charge on any atom is 0.108 e. The van der Waals surface area contributed by atoms with Gasteiger partial charge < -0.3 is 10.8 Å². The van der Waals surface area contributed by atoms with Gasteiger partial charge in [0.2, 0.25) is 0 Å². The molecule has 0 bridgehead atoms. The van der Waals surface area contributed by atoms with Gasteiger partial charge in [-0.15, -0.1) is 5.11 Å². The van der Waals surface area contributed by atoms with E-state index in [4.69, 9.17) is 10.8 Å². The molecule has 0 unspecified atom stereocenters. The number of fused-ring (bicyclic) bond motifs is 1. The molecule has 0 saturated heterocycles. The molecule has 106 valence electrons. The molecule has 2 aromatic carbocycles. The summed E-state index contributed by atoms with van der Waals surface area (Å²) in [5, 5.41) is 19.4. The predicted octanol–water partition coefficient (Wildman–Crippen LogP) is 5.04. The van der Waals surface area contributed by atoms with Crippen molar-refractivity contribution in [2.75, 3.05) is 5.73 Å². The van der Waals surface area contributed by atoms with Crippen LogP contribution in [-0.2, 0) is 0 Å². The number of nitrogens with zero attached hydrogens (tertiary/aromatic N) is 2. The third-order valence-electron chi connectivity index (χ3n) is 2.95. The van der Waals surface area contributed by atoms with Crippen molar-refractivity contribution in [3.05, 3.63) is 72.7 Å². The molecule has 0 fully saturated rings. The van der Waals surface area contributed by atoms with Crippen molar-refractivity contribution in [1.29, 1.82) is 0 Å². The summed E-state index contributed by atoms with van der Waals surface area (Å²) >= 11 is 0. The third-order valence-corrected chi connectivity index (χ3v) is 2.95. The van der Waals surface area contributed by atoms with E-state index in [0.29, 0.717) is 11.4 Å². The fraction of sp³-hybridized carbons (Fsp3) is 0.0588. The molecule has 0 amide bonds. The van der Waals surface area contributed by atoms with E-state index in [1.165, 1.54) is 6.08 Å². The number of anilines is 1. The number of hydrogen-bond donors (Lipinski definition) is 2. The third kappa shape index (κ3) is 3.57. The number of azo groups is 1. The number of hydrogen-bond acceptors (Lipinski definition) is 4. The highest BCUT2D eigenvalue weighted by Gasteiger charge is 2.02. The van der Waals surface area contributed by atoms with Crippen LogP contribution in [0, 0.1) is 0 Å². The zero-order chi connectivity index (χ0) is 15.2. The van der Waals surface area contributed by atoms with E-state index in [1.807, 2.05) is 43.3 Å². The Balaban J connectivity index is 2.38. The summed E-state index contributed by atoms with van der Waals surface area (Å²) in [4.78, 5) is 0. The molecule has 0 heterocycles. The molecule has 2 aromatic rings. The van der Waals surface area contributed by atoms with Gasteiger partial charge in [0, 0.05) is 16.5 Å². The Bertz CT molecular complexity index is 758. The molecule has 2 rings (SSSR count). The minimum absolute atomic E-state index is 0.0255. The van der Waals surface area contributed by atoms with E-state index in [-0.39, 0.29) is 5.76 Å². The van der Waals surface area contributed by atoms with Gasteiger partial charge in [-0.3, -0.25) is 0 Å². The highest BCUT2D eigenvalue weighted by atomic mass is 16.3. The summed E-state index contributed by atoms with van der Waals surface area (Å²) in [5.41, 5.74) is 8.05. The highest BCUT2D eigenvalue weighted by Crippen LogP contribution is 2.30. The first-order chi connectivity index (χ1) is 10.1. The molecule has 0 saturated carbocycles. The molecule has 0 aliphatic heterocycles. The van der Waals surface area contributed by atoms with Crippen LogP contribution in [0.25, 0.3) is 10.8 Å². The highest BCUT2D eigenvalue weighted by molar-refractivity contribution is 5.99. The van der Waals surface area contributed by atoms with Crippen molar-refractivity contribution >= 4 is 22.1 Å². The Morgan fingerprint density at radius 1 is 1.14 bits per heavy atom. The van der Waals surface area contributed by atoms with Crippen molar-refractivity contribution < 1.29 is 5.11 Å². The minimum Gasteiger partial charge on any atom is -0.509 e. The second-order valence-electron chi connectivity index (χ2n) is 4.46. The smallest absolute Gasteiger partial charge is 0.108 e. The topological polar surface area (TPSA) is 71.0 Å². The molecular weight excluding hydrogens is 262 g/mol. The normalized spacial score (nSPS) is 12.5. The number of aliphatic hydroxyl groups excluding tert-OH is 1. The van der Waals surface area contributed by atoms with Gasteiger partial charge in [0.05, 0.1) is 11.4 Å². The number of nitrogen functional groups attached to an aromatic ring is 1. The predicted molar refractivity (Wildman–Crippen MR) is 87.5 cm³/mol. The molecule has 0 aliphatic rings. The van der Waals surface area contributed by atoms with Crippen molar-refractivity contribution in [1.82, 2.24) is 0 Å². The molecule has 0 aromatic heterocycles. The van der Waals surface area contributed by atoms with Crippen LogP contribution >= 0.6 is 0 Å². The van der Waals surface area contributed by atoms with Crippen molar-refractivity contribution in [2.45, 2.75) is 6.92 Å². The maximum atomic E-state index is 9.06. The van der Waals surface area contributed by atoms with Crippen LogP contribution in [0.4, 0.5) is 11.4 Å². The van der Waals surface area contributed by atoms with E-state index in [0.717, 1.165) is 16.5 Å². The molecule has 3 N–H and O–H groups in total. The largest absolute Gasteiger partial charge is 0.509 e. The monoisotopic (exact) mass is 279 g/mol. The van der Waals surface area contributed by atoms with Crippen LogP contribution < -0.4 is 5.73 Å². The number of nitrogens with two attached hydrogens (primary N) is 1. The average Bonchev–Trinajstić information content (AvgIpc) is 2.49. The molecule has 0 atom stereocenters. The molecular formula is C17H17N3O. The van der Waals surface area contributed by atoms with Crippen molar-refractivity contribution in [2.24, 2.45) is 10.2 Å². The SMILES string of the molecule is C=C(O)/C=C\C(=C/C)N=Nc1ccc(N)c2ccccc12. The second kappa shape index (κ2) is 6.52. The summed E-state index contributed by atoms with van der Waals surface area (Å²) in [6.07, 6.45) is 4.91. The lowest BCUT2D eigenvalue weighted by Crippen LogP contribution is -1.86. The molecule has 0 radical (unpaired) electrons. The molecule has 0 aliphatic carbocycles. The van der Waals surface area contributed by atoms with Gasteiger partial charge in [-0.05, 0) is 31.2 Å². The first-order valence-electron chi connectivity index (χ1n) is 6.53. The van der Waals surface area contributed by atoms with E-state index < -0.39 is 0 Å². The summed E-state index contributed by atoms with van der Waals surface area (Å²) in [6, 6.07) is 11.4. The molecule has 4 nitrogen and oxygen atoms in total. The Morgan fingerprint density at radius 3 is 2.52 bits per heavy atom. The lowest BCUT2D eigenvalue weighted by Gasteiger charge is -2.04. The van der Waals surface area contributed by atoms with Gasteiger partial charge in [0.1, 0.15) is 5.76 Å². The Hall–Kier alpha value is -2.88. The quantitative estimate of drug-likeness (QED) is 0.356. The van der Waals surface area contributed by atoms with Crippen LogP contribution in [0.3, 0.4) is 0 Å². The van der Waals surface area contributed by atoms with Gasteiger partial charge in [-0.25, -0.2) is 0 Å².